The predicted octanol–water partition coefficient (Wildman–Crippen LogP) is 0.500. The number of hydrogen-bond donors (Lipinski definition) is 0. The number of alkyl halides is 1. The van der Waals surface area contributed by atoms with E-state index in [2.05, 4.69) is 20.8 Å². The van der Waals surface area contributed by atoms with E-state index in [9.17, 15) is 8.42 Å². The van der Waals surface area contributed by atoms with Crippen LogP contribution in [0.2, 0.25) is 0 Å². The lowest BCUT2D eigenvalue weighted by atomic mass is 10.2. The first-order valence-electron chi connectivity index (χ1n) is 4.02. The topological polar surface area (TPSA) is 37.4 Å². The number of nitrogens with zero attached hydrogens (tertiary/aromatic N) is 1. The van der Waals surface area contributed by atoms with Gasteiger partial charge in [-0.2, -0.15) is 0 Å². The standard InChI is InChI=1S/C7H14BrNO2S/c1-9(4-3-8)7-2-5-12(10,11)6-7/h7H,2-6H2,1H3. The highest BCUT2D eigenvalue weighted by molar-refractivity contribution is 9.09. The Hall–Kier alpha value is 0.390. The van der Waals surface area contributed by atoms with Crippen LogP contribution in [0, 0.1) is 0 Å². The summed E-state index contributed by atoms with van der Waals surface area (Å²) in [7, 11) is -0.737. The smallest absolute Gasteiger partial charge is 0.151 e. The van der Waals surface area contributed by atoms with Crippen LogP contribution in [0.4, 0.5) is 0 Å². The summed E-state index contributed by atoms with van der Waals surface area (Å²) in [6, 6.07) is 0.243. The monoisotopic (exact) mass is 255 g/mol. The van der Waals surface area contributed by atoms with Crippen molar-refractivity contribution in [2.24, 2.45) is 0 Å². The third-order valence-corrected chi connectivity index (χ3v) is 4.37. The third-order valence-electron chi connectivity index (χ3n) is 2.27. The van der Waals surface area contributed by atoms with Crippen LogP contribution in [-0.4, -0.2) is 49.8 Å². The Morgan fingerprint density at radius 1 is 1.58 bits per heavy atom. The largest absolute Gasteiger partial charge is 0.302 e. The zero-order valence-electron chi connectivity index (χ0n) is 7.16. The van der Waals surface area contributed by atoms with E-state index in [1.165, 1.54) is 0 Å². The molecule has 0 aromatic rings. The van der Waals surface area contributed by atoms with Gasteiger partial charge in [0.15, 0.2) is 9.84 Å². The highest BCUT2D eigenvalue weighted by Gasteiger charge is 2.29. The lowest BCUT2D eigenvalue weighted by Crippen LogP contribution is -2.33. The lowest BCUT2D eigenvalue weighted by molar-refractivity contribution is 0.279. The van der Waals surface area contributed by atoms with Crippen molar-refractivity contribution in [1.82, 2.24) is 4.90 Å². The quantitative estimate of drug-likeness (QED) is 0.690. The van der Waals surface area contributed by atoms with E-state index in [1.54, 1.807) is 0 Å². The Morgan fingerprint density at radius 2 is 2.25 bits per heavy atom. The Labute approximate surface area is 82.2 Å². The highest BCUT2D eigenvalue weighted by atomic mass is 79.9. The van der Waals surface area contributed by atoms with Crippen LogP contribution in [-0.2, 0) is 9.84 Å². The second kappa shape index (κ2) is 4.07. The summed E-state index contributed by atoms with van der Waals surface area (Å²) in [5.41, 5.74) is 0. The molecule has 1 atom stereocenters. The minimum absolute atomic E-state index is 0.243. The summed E-state index contributed by atoms with van der Waals surface area (Å²) in [5, 5.41) is 0.903. The Kier molecular flexibility index (Phi) is 3.55. The van der Waals surface area contributed by atoms with Gasteiger partial charge in [0.1, 0.15) is 0 Å². The van der Waals surface area contributed by atoms with Gasteiger partial charge < -0.3 is 4.90 Å². The van der Waals surface area contributed by atoms with Crippen molar-refractivity contribution >= 4 is 25.8 Å². The zero-order chi connectivity index (χ0) is 9.19. The van der Waals surface area contributed by atoms with E-state index in [1.807, 2.05) is 7.05 Å². The van der Waals surface area contributed by atoms with Crippen molar-refractivity contribution in [2.75, 3.05) is 30.4 Å². The maximum Gasteiger partial charge on any atom is 0.151 e. The molecule has 0 bridgehead atoms. The molecule has 1 heterocycles. The van der Waals surface area contributed by atoms with Gasteiger partial charge in [0.2, 0.25) is 0 Å². The van der Waals surface area contributed by atoms with Gasteiger partial charge in [-0.3, -0.25) is 0 Å². The van der Waals surface area contributed by atoms with E-state index in [-0.39, 0.29) is 6.04 Å². The van der Waals surface area contributed by atoms with Crippen LogP contribution in [0.1, 0.15) is 6.42 Å². The van der Waals surface area contributed by atoms with Crippen LogP contribution in [0.25, 0.3) is 0 Å². The molecule has 0 radical (unpaired) electrons. The van der Waals surface area contributed by atoms with Crippen molar-refractivity contribution < 1.29 is 8.42 Å². The summed E-state index contributed by atoms with van der Waals surface area (Å²) in [6.45, 7) is 0.917. The first kappa shape index (κ1) is 10.5. The molecule has 5 heteroatoms. The molecule has 0 aromatic heterocycles. The lowest BCUT2D eigenvalue weighted by Gasteiger charge is -2.21. The summed E-state index contributed by atoms with van der Waals surface area (Å²) < 4.78 is 22.2. The molecule has 3 nitrogen and oxygen atoms in total. The Morgan fingerprint density at radius 3 is 2.67 bits per heavy atom. The maximum absolute atomic E-state index is 11.1. The molecule has 1 aliphatic rings. The normalized spacial score (nSPS) is 28.1. The summed E-state index contributed by atoms with van der Waals surface area (Å²) in [5.74, 6) is 0.709. The molecule has 72 valence electrons. The van der Waals surface area contributed by atoms with E-state index < -0.39 is 9.84 Å². The zero-order valence-corrected chi connectivity index (χ0v) is 9.57. The molecule has 1 aliphatic heterocycles. The van der Waals surface area contributed by atoms with Gasteiger partial charge in [-0.15, -0.1) is 0 Å². The fraction of sp³-hybridized carbons (Fsp3) is 1.00. The number of rotatable bonds is 3. The molecule has 0 aliphatic carbocycles. The second-order valence-corrected chi connectivity index (χ2v) is 6.25. The van der Waals surface area contributed by atoms with Crippen LogP contribution in [0.5, 0.6) is 0 Å². The van der Waals surface area contributed by atoms with Gasteiger partial charge in [-0.05, 0) is 13.5 Å². The summed E-state index contributed by atoms with van der Waals surface area (Å²) in [4.78, 5) is 2.11. The molecule has 0 aromatic carbocycles. The molecule has 1 fully saturated rings. The van der Waals surface area contributed by atoms with E-state index in [4.69, 9.17) is 0 Å². The first-order chi connectivity index (χ1) is 5.55. The molecule has 0 saturated carbocycles. The molecule has 1 saturated heterocycles. The van der Waals surface area contributed by atoms with Crippen molar-refractivity contribution in [1.29, 1.82) is 0 Å². The van der Waals surface area contributed by atoms with Gasteiger partial charge in [-0.1, -0.05) is 15.9 Å². The predicted molar refractivity (Wildman–Crippen MR) is 53.5 cm³/mol. The van der Waals surface area contributed by atoms with Gasteiger partial charge in [-0.25, -0.2) is 8.42 Å². The first-order valence-corrected chi connectivity index (χ1v) is 6.96. The average molecular weight is 256 g/mol. The second-order valence-electron chi connectivity index (χ2n) is 3.23. The van der Waals surface area contributed by atoms with Gasteiger partial charge in [0.25, 0.3) is 0 Å². The van der Waals surface area contributed by atoms with Crippen LogP contribution >= 0.6 is 15.9 Å². The van der Waals surface area contributed by atoms with Crippen LogP contribution < -0.4 is 0 Å². The molecule has 1 unspecified atom stereocenters. The molecule has 0 spiro atoms. The molecule has 12 heavy (non-hydrogen) atoms. The Bertz CT molecular complexity index is 240. The molecule has 0 amide bonds. The van der Waals surface area contributed by atoms with Crippen LogP contribution in [0.15, 0.2) is 0 Å². The number of hydrogen-bond acceptors (Lipinski definition) is 3. The highest BCUT2D eigenvalue weighted by Crippen LogP contribution is 2.16. The number of halogens is 1. The van der Waals surface area contributed by atoms with Crippen molar-refractivity contribution in [3.05, 3.63) is 0 Å². The minimum Gasteiger partial charge on any atom is -0.302 e. The summed E-state index contributed by atoms with van der Waals surface area (Å²) in [6.07, 6.45) is 0.797. The average Bonchev–Trinajstić information content (AvgIpc) is 2.31. The van der Waals surface area contributed by atoms with Gasteiger partial charge >= 0.3 is 0 Å². The molecule has 1 rings (SSSR count). The van der Waals surface area contributed by atoms with Gasteiger partial charge in [0.05, 0.1) is 11.5 Å². The van der Waals surface area contributed by atoms with E-state index in [0.717, 1.165) is 18.3 Å². The Balaban J connectivity index is 2.46. The number of sulfone groups is 1. The van der Waals surface area contributed by atoms with Crippen molar-refractivity contribution in [3.63, 3.8) is 0 Å². The molecular weight excluding hydrogens is 242 g/mol. The fourth-order valence-electron chi connectivity index (χ4n) is 1.44. The van der Waals surface area contributed by atoms with E-state index in [0.29, 0.717) is 11.5 Å². The maximum atomic E-state index is 11.1. The van der Waals surface area contributed by atoms with Crippen molar-refractivity contribution in [2.45, 2.75) is 12.5 Å². The fourth-order valence-corrected chi connectivity index (χ4v) is 3.80. The summed E-state index contributed by atoms with van der Waals surface area (Å²) >= 11 is 3.33. The molecular formula is C7H14BrNO2S. The SMILES string of the molecule is CN(CCBr)C1CCS(=O)(=O)C1. The molecule has 0 N–H and O–H groups in total. The third kappa shape index (κ3) is 2.71. The van der Waals surface area contributed by atoms with Crippen molar-refractivity contribution in [3.8, 4) is 0 Å². The van der Waals surface area contributed by atoms with Gasteiger partial charge in [0, 0.05) is 17.9 Å². The van der Waals surface area contributed by atoms with E-state index >= 15 is 0 Å². The minimum atomic E-state index is -2.72. The van der Waals surface area contributed by atoms with Crippen LogP contribution in [0.3, 0.4) is 0 Å².